The van der Waals surface area contributed by atoms with Crippen LogP contribution in [0, 0.1) is 18.8 Å². The van der Waals surface area contributed by atoms with Gasteiger partial charge in [0.15, 0.2) is 0 Å². The summed E-state index contributed by atoms with van der Waals surface area (Å²) in [5, 5.41) is 12.1. The van der Waals surface area contributed by atoms with Crippen molar-refractivity contribution in [1.82, 2.24) is 4.90 Å². The summed E-state index contributed by atoms with van der Waals surface area (Å²) >= 11 is 0. The number of carboxylic acid groups (broad SMARTS) is 1. The van der Waals surface area contributed by atoms with Crippen molar-refractivity contribution >= 4 is 23.5 Å². The van der Waals surface area contributed by atoms with Crippen LogP contribution in [0.3, 0.4) is 0 Å². The second-order valence-corrected chi connectivity index (χ2v) is 7.02. The number of carbonyl (C=O) groups is 3. The molecule has 1 aliphatic rings. The molecule has 0 aromatic heterocycles. The smallest absolute Gasteiger partial charge is 0.306 e. The highest BCUT2D eigenvalue weighted by molar-refractivity contribution is 5.95. The Balaban J connectivity index is 2.00. The maximum atomic E-state index is 12.9. The Bertz CT molecular complexity index is 659. The Labute approximate surface area is 154 Å². The summed E-state index contributed by atoms with van der Waals surface area (Å²) in [6, 6.07) is 7.50. The number of aryl methyl sites for hydroxylation is 1. The van der Waals surface area contributed by atoms with Crippen molar-refractivity contribution in [3.63, 3.8) is 0 Å². The molecule has 0 aliphatic heterocycles. The Morgan fingerprint density at radius 1 is 1.19 bits per heavy atom. The Morgan fingerprint density at radius 2 is 1.88 bits per heavy atom. The van der Waals surface area contributed by atoms with Crippen molar-refractivity contribution in [3.05, 3.63) is 29.8 Å². The maximum Gasteiger partial charge on any atom is 0.306 e. The quantitative estimate of drug-likeness (QED) is 0.782. The van der Waals surface area contributed by atoms with Gasteiger partial charge in [0, 0.05) is 18.2 Å². The predicted octanol–water partition coefficient (Wildman–Crippen LogP) is 3.06. The molecule has 2 unspecified atom stereocenters. The van der Waals surface area contributed by atoms with Crippen LogP contribution in [-0.4, -0.2) is 40.9 Å². The van der Waals surface area contributed by atoms with Gasteiger partial charge in [-0.3, -0.25) is 14.4 Å². The number of amides is 2. The van der Waals surface area contributed by atoms with Crippen LogP contribution in [0.4, 0.5) is 5.69 Å². The van der Waals surface area contributed by atoms with E-state index in [1.807, 2.05) is 38.1 Å². The molecule has 142 valence electrons. The highest BCUT2D eigenvalue weighted by Gasteiger charge is 2.33. The fourth-order valence-electron chi connectivity index (χ4n) is 3.51. The molecule has 0 bridgehead atoms. The van der Waals surface area contributed by atoms with Crippen molar-refractivity contribution in [1.29, 1.82) is 0 Å². The lowest BCUT2D eigenvalue weighted by atomic mass is 9.80. The second-order valence-electron chi connectivity index (χ2n) is 7.02. The van der Waals surface area contributed by atoms with Crippen LogP contribution in [0.5, 0.6) is 0 Å². The second kappa shape index (κ2) is 9.36. The zero-order valence-corrected chi connectivity index (χ0v) is 15.5. The van der Waals surface area contributed by atoms with Gasteiger partial charge >= 0.3 is 5.97 Å². The van der Waals surface area contributed by atoms with Crippen molar-refractivity contribution < 1.29 is 19.5 Å². The van der Waals surface area contributed by atoms with E-state index in [1.165, 1.54) is 0 Å². The Morgan fingerprint density at radius 3 is 2.54 bits per heavy atom. The van der Waals surface area contributed by atoms with E-state index in [1.54, 1.807) is 4.90 Å². The number of benzene rings is 1. The number of carbonyl (C=O) groups excluding carboxylic acids is 2. The lowest BCUT2D eigenvalue weighted by Crippen LogP contribution is -2.43. The average molecular weight is 360 g/mol. The van der Waals surface area contributed by atoms with Crippen LogP contribution in [0.25, 0.3) is 0 Å². The van der Waals surface area contributed by atoms with Crippen molar-refractivity contribution in [2.45, 2.75) is 46.0 Å². The monoisotopic (exact) mass is 360 g/mol. The third kappa shape index (κ3) is 5.31. The van der Waals surface area contributed by atoms with Gasteiger partial charge < -0.3 is 15.3 Å². The molecule has 2 amide bonds. The molecule has 0 radical (unpaired) electrons. The first-order chi connectivity index (χ1) is 12.4. The van der Waals surface area contributed by atoms with Gasteiger partial charge in [-0.25, -0.2) is 0 Å². The van der Waals surface area contributed by atoms with Gasteiger partial charge in [0.2, 0.25) is 11.8 Å². The number of nitrogens with one attached hydrogen (secondary N) is 1. The van der Waals surface area contributed by atoms with E-state index in [9.17, 15) is 19.5 Å². The molecule has 2 rings (SSSR count). The molecule has 1 saturated carbocycles. The van der Waals surface area contributed by atoms with Gasteiger partial charge in [-0.15, -0.1) is 0 Å². The molecule has 1 fully saturated rings. The standard InChI is InChI=1S/C20H28N2O4/c1-3-11-22(13-18(23)21-17-10-5-4-7-14(17)2)19(24)15-8-6-9-16(12-15)20(25)26/h4-5,7,10,15-16H,3,6,8-9,11-13H2,1-2H3,(H,21,23)(H,25,26). The Kier molecular flexibility index (Phi) is 7.18. The van der Waals surface area contributed by atoms with E-state index in [0.29, 0.717) is 25.8 Å². The number of para-hydroxylation sites is 1. The highest BCUT2D eigenvalue weighted by atomic mass is 16.4. The molecule has 6 nitrogen and oxygen atoms in total. The van der Waals surface area contributed by atoms with Crippen LogP contribution in [-0.2, 0) is 14.4 Å². The first-order valence-electron chi connectivity index (χ1n) is 9.29. The third-order valence-corrected chi connectivity index (χ3v) is 4.93. The number of carboxylic acids is 1. The van der Waals surface area contributed by atoms with Gasteiger partial charge in [0.05, 0.1) is 12.5 Å². The van der Waals surface area contributed by atoms with Gasteiger partial charge in [0.1, 0.15) is 0 Å². The minimum absolute atomic E-state index is 0.00472. The summed E-state index contributed by atoms with van der Waals surface area (Å²) in [4.78, 5) is 38.1. The van der Waals surface area contributed by atoms with Crippen LogP contribution in [0.15, 0.2) is 24.3 Å². The molecule has 0 saturated heterocycles. The molecule has 1 aliphatic carbocycles. The fourth-order valence-corrected chi connectivity index (χ4v) is 3.51. The molecule has 2 atom stereocenters. The molecule has 1 aromatic rings. The highest BCUT2D eigenvalue weighted by Crippen LogP contribution is 2.30. The summed E-state index contributed by atoms with van der Waals surface area (Å²) < 4.78 is 0. The van der Waals surface area contributed by atoms with E-state index in [0.717, 1.165) is 24.1 Å². The van der Waals surface area contributed by atoms with E-state index in [2.05, 4.69) is 5.32 Å². The predicted molar refractivity (Wildman–Crippen MR) is 99.8 cm³/mol. The van der Waals surface area contributed by atoms with Gasteiger partial charge in [-0.1, -0.05) is 31.5 Å². The molecule has 0 heterocycles. The van der Waals surface area contributed by atoms with Gasteiger partial charge in [0.25, 0.3) is 0 Å². The third-order valence-electron chi connectivity index (χ3n) is 4.93. The molecule has 2 N–H and O–H groups in total. The van der Waals surface area contributed by atoms with Crippen LogP contribution < -0.4 is 5.32 Å². The summed E-state index contributed by atoms with van der Waals surface area (Å²) in [6.07, 6.45) is 3.18. The van der Waals surface area contributed by atoms with Crippen LogP contribution in [0.2, 0.25) is 0 Å². The molecule has 6 heteroatoms. The number of anilines is 1. The largest absolute Gasteiger partial charge is 0.481 e. The summed E-state index contributed by atoms with van der Waals surface area (Å²) in [5.74, 6) is -1.92. The number of hydrogen-bond donors (Lipinski definition) is 2. The van der Waals surface area contributed by atoms with E-state index in [4.69, 9.17) is 0 Å². The normalized spacial score (nSPS) is 19.6. The zero-order valence-electron chi connectivity index (χ0n) is 15.5. The van der Waals surface area contributed by atoms with E-state index >= 15 is 0 Å². The van der Waals surface area contributed by atoms with Crippen LogP contribution in [0.1, 0.15) is 44.6 Å². The molecule has 26 heavy (non-hydrogen) atoms. The summed E-state index contributed by atoms with van der Waals surface area (Å²) in [7, 11) is 0. The van der Waals surface area contributed by atoms with E-state index < -0.39 is 11.9 Å². The molecule has 1 aromatic carbocycles. The van der Waals surface area contributed by atoms with Gasteiger partial charge in [-0.2, -0.15) is 0 Å². The number of hydrogen-bond acceptors (Lipinski definition) is 3. The number of rotatable bonds is 7. The molecular formula is C20H28N2O4. The van der Waals surface area contributed by atoms with Crippen LogP contribution >= 0.6 is 0 Å². The van der Waals surface area contributed by atoms with Crippen molar-refractivity contribution in [3.8, 4) is 0 Å². The number of nitrogens with zero attached hydrogens (tertiary/aromatic N) is 1. The zero-order chi connectivity index (χ0) is 19.1. The Hall–Kier alpha value is -2.37. The average Bonchev–Trinajstić information content (AvgIpc) is 2.62. The molecular weight excluding hydrogens is 332 g/mol. The lowest BCUT2D eigenvalue weighted by Gasteiger charge is -2.31. The lowest BCUT2D eigenvalue weighted by molar-refractivity contribution is -0.146. The van der Waals surface area contributed by atoms with Crippen molar-refractivity contribution in [2.24, 2.45) is 11.8 Å². The van der Waals surface area contributed by atoms with Crippen molar-refractivity contribution in [2.75, 3.05) is 18.4 Å². The topological polar surface area (TPSA) is 86.7 Å². The minimum atomic E-state index is -0.832. The fraction of sp³-hybridized carbons (Fsp3) is 0.550. The number of aliphatic carboxylic acids is 1. The first-order valence-corrected chi connectivity index (χ1v) is 9.29. The summed E-state index contributed by atoms with van der Waals surface area (Å²) in [6.45, 7) is 4.36. The SMILES string of the molecule is CCCN(CC(=O)Nc1ccccc1C)C(=O)C1CCCC(C(=O)O)C1. The van der Waals surface area contributed by atoms with Gasteiger partial charge in [-0.05, 0) is 44.2 Å². The minimum Gasteiger partial charge on any atom is -0.481 e. The summed E-state index contributed by atoms with van der Waals surface area (Å²) in [5.41, 5.74) is 1.70. The maximum absolute atomic E-state index is 12.9. The first kappa shape index (κ1) is 19.9. The molecule has 0 spiro atoms. The van der Waals surface area contributed by atoms with E-state index in [-0.39, 0.29) is 24.3 Å².